The van der Waals surface area contributed by atoms with E-state index in [9.17, 15) is 13.5 Å². The lowest BCUT2D eigenvalue weighted by Gasteiger charge is -2.32. The van der Waals surface area contributed by atoms with Crippen LogP contribution in [-0.2, 0) is 10.0 Å². The molecule has 0 radical (unpaired) electrons. The maximum Gasteiger partial charge on any atom is 0.266 e. The highest BCUT2D eigenvalue weighted by atomic mass is 35.5. The van der Waals surface area contributed by atoms with E-state index in [2.05, 4.69) is 0 Å². The Hall–Kier alpha value is -0.790. The first-order chi connectivity index (χ1) is 9.91. The largest absolute Gasteiger partial charge is 0.388 e. The molecule has 1 aromatic heterocycles. The molecule has 2 aromatic rings. The molecule has 21 heavy (non-hydrogen) atoms. The second-order valence-corrected chi connectivity index (χ2v) is 8.75. The number of hydrogen-bond acceptors (Lipinski definition) is 4. The van der Waals surface area contributed by atoms with Crippen molar-refractivity contribution < 1.29 is 13.5 Å². The Kier molecular flexibility index (Phi) is 3.92. The molecule has 8 heteroatoms. The molecule has 0 spiro atoms. The maximum atomic E-state index is 12.8. The van der Waals surface area contributed by atoms with Crippen LogP contribution < -0.4 is 4.31 Å². The van der Waals surface area contributed by atoms with Gasteiger partial charge in [0.1, 0.15) is 9.23 Å². The van der Waals surface area contributed by atoms with Gasteiger partial charge in [-0.2, -0.15) is 0 Å². The van der Waals surface area contributed by atoms with Gasteiger partial charge in [0.2, 0.25) is 0 Å². The molecular formula is C13H11Cl2NO3S2. The summed E-state index contributed by atoms with van der Waals surface area (Å²) in [6, 6.07) is 8.27. The van der Waals surface area contributed by atoms with Crippen LogP contribution in [0.2, 0.25) is 8.67 Å². The highest BCUT2D eigenvalue weighted by molar-refractivity contribution is 7.93. The molecule has 2 heterocycles. The second-order valence-electron chi connectivity index (χ2n) is 4.63. The van der Waals surface area contributed by atoms with Crippen molar-refractivity contribution in [2.45, 2.75) is 17.4 Å². The molecule has 4 nitrogen and oxygen atoms in total. The minimum absolute atomic E-state index is 0.00496. The molecule has 1 atom stereocenters. The Labute approximate surface area is 136 Å². The number of hydrogen-bond donors (Lipinski definition) is 1. The summed E-state index contributed by atoms with van der Waals surface area (Å²) in [5.41, 5.74) is 1.08. The van der Waals surface area contributed by atoms with E-state index in [-0.39, 0.29) is 15.8 Å². The first kappa shape index (κ1) is 15.1. The fraction of sp³-hybridized carbons (Fsp3) is 0.231. The Morgan fingerprint density at radius 1 is 1.29 bits per heavy atom. The van der Waals surface area contributed by atoms with Gasteiger partial charge in [-0.25, -0.2) is 8.42 Å². The van der Waals surface area contributed by atoms with Gasteiger partial charge in [0.05, 0.1) is 16.1 Å². The minimum atomic E-state index is -3.79. The van der Waals surface area contributed by atoms with E-state index in [1.54, 1.807) is 24.3 Å². The molecular weight excluding hydrogens is 353 g/mol. The Balaban J connectivity index is 2.13. The lowest BCUT2D eigenvalue weighted by atomic mass is 10.0. The molecule has 0 amide bonds. The zero-order valence-electron chi connectivity index (χ0n) is 10.7. The molecule has 1 N–H and O–H groups in total. The number of benzene rings is 1. The lowest BCUT2D eigenvalue weighted by molar-refractivity contribution is 0.166. The van der Waals surface area contributed by atoms with Crippen molar-refractivity contribution in [1.82, 2.24) is 0 Å². The van der Waals surface area contributed by atoms with E-state index in [0.29, 0.717) is 22.0 Å². The highest BCUT2D eigenvalue weighted by Gasteiger charge is 2.34. The molecule has 1 unspecified atom stereocenters. The van der Waals surface area contributed by atoms with Crippen molar-refractivity contribution in [2.75, 3.05) is 10.8 Å². The molecule has 0 bridgehead atoms. The van der Waals surface area contributed by atoms with Gasteiger partial charge >= 0.3 is 0 Å². The standard InChI is InChI=1S/C13H11Cl2NO3S2/c14-12-7-11(13(15)20-12)21(18,19)16-6-5-10(17)8-3-1-2-4-9(8)16/h1-4,7,10,17H,5-6H2. The van der Waals surface area contributed by atoms with Crippen molar-refractivity contribution in [3.8, 4) is 0 Å². The van der Waals surface area contributed by atoms with Crippen molar-refractivity contribution in [3.63, 3.8) is 0 Å². The Morgan fingerprint density at radius 3 is 2.67 bits per heavy atom. The molecule has 1 aromatic carbocycles. The summed E-state index contributed by atoms with van der Waals surface area (Å²) < 4.78 is 27.3. The highest BCUT2D eigenvalue weighted by Crippen LogP contribution is 2.41. The number of nitrogens with zero attached hydrogens (tertiary/aromatic N) is 1. The number of anilines is 1. The van der Waals surface area contributed by atoms with Crippen LogP contribution in [0.1, 0.15) is 18.1 Å². The average Bonchev–Trinajstić information content (AvgIpc) is 2.79. The topological polar surface area (TPSA) is 57.6 Å². The zero-order chi connectivity index (χ0) is 15.2. The Bertz CT molecular complexity index is 788. The number of halogens is 2. The minimum Gasteiger partial charge on any atom is -0.388 e. The van der Waals surface area contributed by atoms with E-state index in [0.717, 1.165) is 11.3 Å². The van der Waals surface area contributed by atoms with Crippen LogP contribution in [0.4, 0.5) is 5.69 Å². The number of para-hydroxylation sites is 1. The van der Waals surface area contributed by atoms with E-state index < -0.39 is 16.1 Å². The maximum absolute atomic E-state index is 12.8. The molecule has 1 aliphatic rings. The first-order valence-electron chi connectivity index (χ1n) is 6.16. The molecule has 0 saturated carbocycles. The average molecular weight is 364 g/mol. The predicted octanol–water partition coefficient (Wildman–Crippen LogP) is 3.69. The van der Waals surface area contributed by atoms with Gasteiger partial charge in [-0.3, -0.25) is 4.31 Å². The number of aliphatic hydroxyl groups excluding tert-OH is 1. The number of rotatable bonds is 2. The SMILES string of the molecule is O=S(=O)(c1cc(Cl)sc1Cl)N1CCC(O)c2ccccc21. The van der Waals surface area contributed by atoms with E-state index >= 15 is 0 Å². The molecule has 3 rings (SSSR count). The lowest BCUT2D eigenvalue weighted by Crippen LogP contribution is -2.36. The zero-order valence-corrected chi connectivity index (χ0v) is 13.8. The fourth-order valence-corrected chi connectivity index (χ4v) is 6.00. The molecule has 112 valence electrons. The molecule has 0 aliphatic carbocycles. The van der Waals surface area contributed by atoms with Crippen LogP contribution >= 0.6 is 34.5 Å². The van der Waals surface area contributed by atoms with Crippen LogP contribution in [0.3, 0.4) is 0 Å². The van der Waals surface area contributed by atoms with Crippen LogP contribution in [-0.4, -0.2) is 20.1 Å². The summed E-state index contributed by atoms with van der Waals surface area (Å²) in [6.45, 7) is 0.199. The van der Waals surface area contributed by atoms with Crippen LogP contribution in [0, 0.1) is 0 Å². The number of thiophene rings is 1. The predicted molar refractivity (Wildman–Crippen MR) is 84.9 cm³/mol. The summed E-state index contributed by atoms with van der Waals surface area (Å²) in [6.07, 6.45) is -0.319. The molecule has 0 saturated heterocycles. The summed E-state index contributed by atoms with van der Waals surface area (Å²) in [7, 11) is -3.79. The van der Waals surface area contributed by atoms with Gasteiger partial charge in [-0.15, -0.1) is 11.3 Å². The third kappa shape index (κ3) is 2.55. The second kappa shape index (κ2) is 5.44. The van der Waals surface area contributed by atoms with Crippen LogP contribution in [0.15, 0.2) is 35.2 Å². The monoisotopic (exact) mass is 363 g/mol. The van der Waals surface area contributed by atoms with Gasteiger partial charge in [-0.1, -0.05) is 41.4 Å². The molecule has 1 aliphatic heterocycles. The number of fused-ring (bicyclic) bond motifs is 1. The summed E-state index contributed by atoms with van der Waals surface area (Å²) in [4.78, 5) is 0.00496. The summed E-state index contributed by atoms with van der Waals surface area (Å²) in [5, 5.41) is 10.0. The van der Waals surface area contributed by atoms with E-state index in [1.165, 1.54) is 10.4 Å². The third-order valence-corrected chi connectivity index (χ3v) is 6.93. The van der Waals surface area contributed by atoms with Crippen LogP contribution in [0.25, 0.3) is 0 Å². The smallest absolute Gasteiger partial charge is 0.266 e. The van der Waals surface area contributed by atoms with Crippen molar-refractivity contribution in [2.24, 2.45) is 0 Å². The summed E-state index contributed by atoms with van der Waals surface area (Å²) in [5.74, 6) is 0. The van der Waals surface area contributed by atoms with Crippen molar-refractivity contribution in [1.29, 1.82) is 0 Å². The van der Waals surface area contributed by atoms with Gasteiger partial charge in [0.15, 0.2) is 0 Å². The fourth-order valence-electron chi connectivity index (χ4n) is 2.38. The van der Waals surface area contributed by atoms with Crippen molar-refractivity contribution >= 4 is 50.2 Å². The Morgan fingerprint density at radius 2 is 2.00 bits per heavy atom. The normalized spacial score (nSPS) is 18.6. The molecule has 0 fully saturated rings. The van der Waals surface area contributed by atoms with Gasteiger partial charge in [-0.05, 0) is 18.6 Å². The van der Waals surface area contributed by atoms with E-state index in [1.807, 2.05) is 0 Å². The quantitative estimate of drug-likeness (QED) is 0.884. The summed E-state index contributed by atoms with van der Waals surface area (Å²) >= 11 is 12.8. The number of aliphatic hydroxyl groups is 1. The van der Waals surface area contributed by atoms with Gasteiger partial charge < -0.3 is 5.11 Å². The van der Waals surface area contributed by atoms with Crippen molar-refractivity contribution in [3.05, 3.63) is 44.6 Å². The number of sulfonamides is 1. The van der Waals surface area contributed by atoms with Crippen LogP contribution in [0.5, 0.6) is 0 Å². The van der Waals surface area contributed by atoms with Gasteiger partial charge in [0, 0.05) is 12.1 Å². The third-order valence-electron chi connectivity index (χ3n) is 3.36. The van der Waals surface area contributed by atoms with E-state index in [4.69, 9.17) is 23.2 Å². The van der Waals surface area contributed by atoms with Gasteiger partial charge in [0.25, 0.3) is 10.0 Å². The first-order valence-corrected chi connectivity index (χ1v) is 9.17.